The Kier molecular flexibility index (Phi) is 6.02. The average molecular weight is 443 g/mol. The second-order valence-corrected chi connectivity index (χ2v) is 11.6. The maximum Gasteiger partial charge on any atom is 0.248 e. The van der Waals surface area contributed by atoms with Crippen LogP contribution in [-0.2, 0) is 21.1 Å². The number of fused-ring (bicyclic) bond motifs is 1. The largest absolute Gasteiger partial charge is 0.316 e. The van der Waals surface area contributed by atoms with E-state index in [-0.39, 0.29) is 28.7 Å². The molecule has 0 N–H and O–H groups in total. The summed E-state index contributed by atoms with van der Waals surface area (Å²) in [5, 5.41) is 0.538. The maximum absolute atomic E-state index is 12.6. The Morgan fingerprint density at radius 1 is 1.10 bits per heavy atom. The summed E-state index contributed by atoms with van der Waals surface area (Å²) < 4.78 is 24.4. The first-order valence-corrected chi connectivity index (χ1v) is 12.9. The molecule has 2 aliphatic rings. The third kappa shape index (κ3) is 4.62. The van der Waals surface area contributed by atoms with E-state index >= 15 is 0 Å². The lowest BCUT2D eigenvalue weighted by Gasteiger charge is -2.25. The number of aryl methyl sites for hydroxylation is 1. The van der Waals surface area contributed by atoms with Crippen molar-refractivity contribution in [3.63, 3.8) is 0 Å². The van der Waals surface area contributed by atoms with Gasteiger partial charge in [0.25, 0.3) is 0 Å². The molecule has 5 nitrogen and oxygen atoms in total. The second-order valence-electron chi connectivity index (χ2n) is 8.19. The van der Waals surface area contributed by atoms with E-state index in [0.29, 0.717) is 23.9 Å². The fourth-order valence-electron chi connectivity index (χ4n) is 3.94. The summed E-state index contributed by atoms with van der Waals surface area (Å²) in [5.74, 6) is 0.487. The highest BCUT2D eigenvalue weighted by Crippen LogP contribution is 2.41. The van der Waals surface area contributed by atoms with Gasteiger partial charge in [-0.2, -0.15) is 4.99 Å². The Hall–Kier alpha value is -2.12. The van der Waals surface area contributed by atoms with Crippen LogP contribution in [0.3, 0.4) is 0 Å². The highest BCUT2D eigenvalue weighted by atomic mass is 32.2. The molecule has 2 aromatic carbocycles. The Labute approximate surface area is 182 Å². The first-order chi connectivity index (χ1) is 14.3. The van der Waals surface area contributed by atoms with Crippen molar-refractivity contribution in [1.82, 2.24) is 0 Å². The number of hydrogen-bond acceptors (Lipinski definition) is 4. The first kappa shape index (κ1) is 21.1. The van der Waals surface area contributed by atoms with Gasteiger partial charge >= 0.3 is 0 Å². The fraction of sp³-hybridized carbons (Fsp3) is 0.391. The van der Waals surface area contributed by atoms with E-state index in [1.165, 1.54) is 17.3 Å². The van der Waals surface area contributed by atoms with Crippen LogP contribution in [0.25, 0.3) is 0 Å². The van der Waals surface area contributed by atoms with Gasteiger partial charge in [0.1, 0.15) is 0 Å². The summed E-state index contributed by atoms with van der Waals surface area (Å²) in [5.41, 5.74) is 3.22. The number of hydrogen-bond donors (Lipinski definition) is 0. The van der Waals surface area contributed by atoms with Crippen LogP contribution in [0.1, 0.15) is 37.3 Å². The number of benzene rings is 2. The van der Waals surface area contributed by atoms with E-state index in [1.54, 1.807) is 0 Å². The van der Waals surface area contributed by atoms with Crippen molar-refractivity contribution in [3.8, 4) is 0 Å². The van der Waals surface area contributed by atoms with Crippen molar-refractivity contribution in [2.75, 3.05) is 16.4 Å². The number of carbonyl (C=O) groups is 1. The van der Waals surface area contributed by atoms with Crippen molar-refractivity contribution in [2.24, 2.45) is 4.99 Å². The van der Waals surface area contributed by atoms with Gasteiger partial charge in [-0.3, -0.25) is 4.79 Å². The standard InChI is InChI=1S/C23H26N2O3S2/c1-16(2)18-9-11-19(12-10-18)25-20-14-30(27,28)15-21(20)29-23(25)24-22(26)13-8-17-6-4-3-5-7-17/h3-7,9-12,16,20-21H,8,13-15H2,1-2H3/t20-,21-/m1/s1. The third-order valence-electron chi connectivity index (χ3n) is 5.60. The number of amidine groups is 1. The zero-order valence-electron chi connectivity index (χ0n) is 17.2. The van der Waals surface area contributed by atoms with Crippen LogP contribution >= 0.6 is 11.8 Å². The molecule has 2 aromatic rings. The van der Waals surface area contributed by atoms with Crippen molar-refractivity contribution < 1.29 is 13.2 Å². The Morgan fingerprint density at radius 2 is 1.80 bits per heavy atom. The number of amides is 1. The topological polar surface area (TPSA) is 66.8 Å². The molecule has 0 spiro atoms. The molecule has 0 aliphatic carbocycles. The number of thioether (sulfide) groups is 1. The number of anilines is 1. The van der Waals surface area contributed by atoms with Gasteiger partial charge in [0.15, 0.2) is 15.0 Å². The van der Waals surface area contributed by atoms with Crippen molar-refractivity contribution in [1.29, 1.82) is 0 Å². The molecule has 0 radical (unpaired) electrons. The molecule has 0 unspecified atom stereocenters. The van der Waals surface area contributed by atoms with E-state index in [0.717, 1.165) is 11.3 Å². The molecule has 4 rings (SSSR count). The lowest BCUT2D eigenvalue weighted by atomic mass is 10.0. The van der Waals surface area contributed by atoms with Crippen LogP contribution in [0, 0.1) is 0 Å². The zero-order chi connectivity index (χ0) is 21.3. The lowest BCUT2D eigenvalue weighted by Crippen LogP contribution is -2.37. The second kappa shape index (κ2) is 8.55. The van der Waals surface area contributed by atoms with E-state index in [9.17, 15) is 13.2 Å². The molecular formula is C23H26N2O3S2. The Bertz CT molecular complexity index is 1050. The average Bonchev–Trinajstić information content (AvgIpc) is 3.18. The van der Waals surface area contributed by atoms with Crippen molar-refractivity contribution >= 4 is 38.4 Å². The van der Waals surface area contributed by atoms with E-state index in [4.69, 9.17) is 0 Å². The van der Waals surface area contributed by atoms with E-state index in [2.05, 4.69) is 31.0 Å². The number of carbonyl (C=O) groups excluding carboxylic acids is 1. The molecule has 2 aliphatic heterocycles. The summed E-state index contributed by atoms with van der Waals surface area (Å²) in [6.45, 7) is 4.27. The molecule has 2 saturated heterocycles. The van der Waals surface area contributed by atoms with Gasteiger partial charge in [0.2, 0.25) is 5.91 Å². The van der Waals surface area contributed by atoms with Crippen LogP contribution in [-0.4, -0.2) is 42.3 Å². The summed E-state index contributed by atoms with van der Waals surface area (Å²) in [7, 11) is -3.07. The molecule has 2 fully saturated rings. The van der Waals surface area contributed by atoms with Crippen LogP contribution in [0.4, 0.5) is 5.69 Å². The van der Waals surface area contributed by atoms with Gasteiger partial charge < -0.3 is 4.90 Å². The van der Waals surface area contributed by atoms with E-state index < -0.39 is 9.84 Å². The molecule has 1 amide bonds. The maximum atomic E-state index is 12.6. The summed E-state index contributed by atoms with van der Waals surface area (Å²) in [6, 6.07) is 17.9. The highest BCUT2D eigenvalue weighted by Gasteiger charge is 2.49. The van der Waals surface area contributed by atoms with E-state index in [1.807, 2.05) is 47.4 Å². The van der Waals surface area contributed by atoms with Gasteiger partial charge in [0.05, 0.1) is 17.5 Å². The minimum atomic E-state index is -3.07. The zero-order valence-corrected chi connectivity index (χ0v) is 18.8. The van der Waals surface area contributed by atoms with Crippen LogP contribution in [0.15, 0.2) is 59.6 Å². The molecule has 0 aromatic heterocycles. The molecule has 0 saturated carbocycles. The van der Waals surface area contributed by atoms with Gasteiger partial charge in [-0.1, -0.05) is 68.1 Å². The molecule has 158 valence electrons. The third-order valence-corrected chi connectivity index (χ3v) is 8.80. The molecule has 0 bridgehead atoms. The van der Waals surface area contributed by atoms with Crippen LogP contribution < -0.4 is 4.90 Å². The Balaban J connectivity index is 1.57. The smallest absolute Gasteiger partial charge is 0.248 e. The van der Waals surface area contributed by atoms with Crippen LogP contribution in [0.5, 0.6) is 0 Å². The summed E-state index contributed by atoms with van der Waals surface area (Å²) >= 11 is 1.42. The number of aliphatic imine (C=N–C) groups is 1. The van der Waals surface area contributed by atoms with Gasteiger partial charge in [-0.05, 0) is 35.6 Å². The van der Waals surface area contributed by atoms with Crippen molar-refractivity contribution in [2.45, 2.75) is 43.9 Å². The minimum absolute atomic E-state index is 0.0829. The predicted octanol–water partition coefficient (Wildman–Crippen LogP) is 4.04. The normalized spacial score (nSPS) is 23.8. The molecule has 2 heterocycles. The van der Waals surface area contributed by atoms with Crippen molar-refractivity contribution in [3.05, 3.63) is 65.7 Å². The lowest BCUT2D eigenvalue weighted by molar-refractivity contribution is -0.117. The molecule has 30 heavy (non-hydrogen) atoms. The summed E-state index contributed by atoms with van der Waals surface area (Å²) in [4.78, 5) is 19.0. The summed E-state index contributed by atoms with van der Waals surface area (Å²) in [6.07, 6.45) is 0.979. The SMILES string of the molecule is CC(C)c1ccc(N2C(=NC(=O)CCc3ccccc3)S[C@@H]3CS(=O)(=O)C[C@H]32)cc1. The van der Waals surface area contributed by atoms with Gasteiger partial charge in [-0.25, -0.2) is 8.42 Å². The highest BCUT2D eigenvalue weighted by molar-refractivity contribution is 8.16. The van der Waals surface area contributed by atoms with Gasteiger partial charge in [0, 0.05) is 17.4 Å². The Morgan fingerprint density at radius 3 is 2.47 bits per heavy atom. The molecule has 7 heteroatoms. The number of sulfone groups is 1. The van der Waals surface area contributed by atoms with Crippen LogP contribution in [0.2, 0.25) is 0 Å². The molecule has 2 atom stereocenters. The number of rotatable bonds is 5. The minimum Gasteiger partial charge on any atom is -0.316 e. The monoisotopic (exact) mass is 442 g/mol. The van der Waals surface area contributed by atoms with Gasteiger partial charge in [-0.15, -0.1) is 0 Å². The quantitative estimate of drug-likeness (QED) is 0.699. The first-order valence-electron chi connectivity index (χ1n) is 10.2. The fourth-order valence-corrected chi connectivity index (χ4v) is 7.88. The number of nitrogens with zero attached hydrogens (tertiary/aromatic N) is 2. The molecular weight excluding hydrogens is 416 g/mol. The predicted molar refractivity (Wildman–Crippen MR) is 124 cm³/mol.